The molecular formula is C24H21FN4O2S2. The maximum atomic E-state index is 13.5. The molecule has 2 aliphatic rings. The molecule has 6 nitrogen and oxygen atoms in total. The summed E-state index contributed by atoms with van der Waals surface area (Å²) in [4.78, 5) is 35.5. The summed E-state index contributed by atoms with van der Waals surface area (Å²) in [6.07, 6.45) is 5.40. The van der Waals surface area contributed by atoms with E-state index in [1.54, 1.807) is 24.4 Å². The van der Waals surface area contributed by atoms with Gasteiger partial charge in [0.2, 0.25) is 0 Å². The third-order valence-electron chi connectivity index (χ3n) is 5.87. The van der Waals surface area contributed by atoms with Crippen molar-refractivity contribution in [2.45, 2.75) is 26.3 Å². The van der Waals surface area contributed by atoms with Crippen LogP contribution >= 0.6 is 24.0 Å². The second-order valence-electron chi connectivity index (χ2n) is 8.13. The van der Waals surface area contributed by atoms with Crippen molar-refractivity contribution in [3.05, 3.63) is 80.4 Å². The van der Waals surface area contributed by atoms with E-state index in [9.17, 15) is 14.0 Å². The first-order valence-electron chi connectivity index (χ1n) is 10.7. The average Bonchev–Trinajstić information content (AvgIpc) is 3.42. The van der Waals surface area contributed by atoms with Crippen molar-refractivity contribution in [2.24, 2.45) is 0 Å². The zero-order valence-electron chi connectivity index (χ0n) is 18.0. The number of carbonyl (C=O) groups is 1. The van der Waals surface area contributed by atoms with E-state index in [4.69, 9.17) is 17.2 Å². The third kappa shape index (κ3) is 4.06. The Kier molecular flexibility index (Phi) is 5.76. The van der Waals surface area contributed by atoms with Gasteiger partial charge < -0.3 is 4.90 Å². The Hall–Kier alpha value is -3.04. The van der Waals surface area contributed by atoms with Crippen LogP contribution in [0.25, 0.3) is 11.7 Å². The van der Waals surface area contributed by atoms with Crippen LogP contribution in [-0.2, 0) is 11.3 Å². The maximum absolute atomic E-state index is 13.5. The number of nitrogens with zero attached hydrogens (tertiary/aromatic N) is 4. The number of halogens is 1. The zero-order chi connectivity index (χ0) is 23.1. The van der Waals surface area contributed by atoms with Gasteiger partial charge in [-0.25, -0.2) is 9.37 Å². The SMILES string of the molecule is Cc1cccn2c(=O)c(C=C3SC(=S)N(Cc4ccc(F)cc4)C3=O)c(N3CCCC3)nc12. The highest BCUT2D eigenvalue weighted by Crippen LogP contribution is 2.35. The number of pyridine rings is 1. The van der Waals surface area contributed by atoms with Crippen LogP contribution in [0.5, 0.6) is 0 Å². The summed E-state index contributed by atoms with van der Waals surface area (Å²) < 4.78 is 15.2. The molecule has 2 fully saturated rings. The van der Waals surface area contributed by atoms with Gasteiger partial charge in [-0.05, 0) is 55.2 Å². The van der Waals surface area contributed by atoms with E-state index in [1.807, 2.05) is 19.1 Å². The standard InChI is InChI=1S/C24H21FN4O2S2/c1-15-5-4-12-28-20(15)26-21(27-10-2-3-11-27)18(22(28)30)13-19-23(31)29(24(32)33-19)14-16-6-8-17(25)9-7-16/h4-9,12-13H,2-3,10-11,14H2,1H3. The molecular weight excluding hydrogens is 459 g/mol. The van der Waals surface area contributed by atoms with Gasteiger partial charge in [0.1, 0.15) is 21.6 Å². The van der Waals surface area contributed by atoms with Gasteiger partial charge in [0.15, 0.2) is 0 Å². The lowest BCUT2D eigenvalue weighted by atomic mass is 10.2. The fraction of sp³-hybridized carbons (Fsp3) is 0.250. The van der Waals surface area contributed by atoms with Gasteiger partial charge in [0.05, 0.1) is 17.0 Å². The van der Waals surface area contributed by atoms with Crippen LogP contribution in [0.15, 0.2) is 52.3 Å². The molecule has 168 valence electrons. The lowest BCUT2D eigenvalue weighted by molar-refractivity contribution is -0.122. The highest BCUT2D eigenvalue weighted by atomic mass is 32.2. The van der Waals surface area contributed by atoms with Crippen molar-refractivity contribution in [1.82, 2.24) is 14.3 Å². The number of thiocarbonyl (C=S) groups is 1. The van der Waals surface area contributed by atoms with E-state index in [0.717, 1.165) is 37.1 Å². The molecule has 2 aromatic heterocycles. The second-order valence-corrected chi connectivity index (χ2v) is 9.80. The summed E-state index contributed by atoms with van der Waals surface area (Å²) in [7, 11) is 0. The van der Waals surface area contributed by atoms with Gasteiger partial charge in [-0.1, -0.05) is 42.2 Å². The molecule has 9 heteroatoms. The van der Waals surface area contributed by atoms with Crippen LogP contribution in [0.4, 0.5) is 10.2 Å². The maximum Gasteiger partial charge on any atom is 0.267 e. The normalized spacial score (nSPS) is 17.7. The molecule has 0 saturated carbocycles. The number of carbonyl (C=O) groups excluding carboxylic acids is 1. The second kappa shape index (κ2) is 8.72. The summed E-state index contributed by atoms with van der Waals surface area (Å²) in [6.45, 7) is 3.81. The minimum atomic E-state index is -0.335. The van der Waals surface area contributed by atoms with E-state index in [2.05, 4.69) is 4.90 Å². The van der Waals surface area contributed by atoms with Gasteiger partial charge in [-0.15, -0.1) is 0 Å². The Morgan fingerprint density at radius 3 is 2.61 bits per heavy atom. The molecule has 0 radical (unpaired) electrons. The number of fused-ring (bicyclic) bond motifs is 1. The lowest BCUT2D eigenvalue weighted by Gasteiger charge is -2.20. The van der Waals surface area contributed by atoms with E-state index < -0.39 is 0 Å². The number of thioether (sulfide) groups is 1. The number of benzene rings is 1. The highest BCUT2D eigenvalue weighted by molar-refractivity contribution is 8.26. The molecule has 1 aromatic carbocycles. The van der Waals surface area contributed by atoms with Crippen LogP contribution in [0, 0.1) is 12.7 Å². The molecule has 3 aromatic rings. The van der Waals surface area contributed by atoms with E-state index in [-0.39, 0.29) is 23.8 Å². The monoisotopic (exact) mass is 480 g/mol. The fourth-order valence-electron chi connectivity index (χ4n) is 4.14. The summed E-state index contributed by atoms with van der Waals surface area (Å²) in [5, 5.41) is 0. The zero-order valence-corrected chi connectivity index (χ0v) is 19.6. The van der Waals surface area contributed by atoms with Crippen LogP contribution in [-0.4, -0.2) is 37.6 Å². The average molecular weight is 481 g/mol. The van der Waals surface area contributed by atoms with Crippen molar-refractivity contribution in [3.63, 3.8) is 0 Å². The molecule has 0 unspecified atom stereocenters. The molecule has 0 spiro atoms. The minimum Gasteiger partial charge on any atom is -0.356 e. The number of anilines is 1. The van der Waals surface area contributed by atoms with E-state index in [1.165, 1.54) is 33.2 Å². The van der Waals surface area contributed by atoms with Gasteiger partial charge in [0, 0.05) is 19.3 Å². The first-order chi connectivity index (χ1) is 15.9. The molecule has 2 saturated heterocycles. The predicted octanol–water partition coefficient (Wildman–Crippen LogP) is 4.14. The predicted molar refractivity (Wildman–Crippen MR) is 133 cm³/mol. The summed E-state index contributed by atoms with van der Waals surface area (Å²) >= 11 is 6.61. The summed E-state index contributed by atoms with van der Waals surface area (Å²) in [6, 6.07) is 9.71. The lowest BCUT2D eigenvalue weighted by Crippen LogP contribution is -2.28. The molecule has 5 rings (SSSR count). The topological polar surface area (TPSA) is 57.9 Å². The van der Waals surface area contributed by atoms with Crippen molar-refractivity contribution in [3.8, 4) is 0 Å². The Bertz CT molecular complexity index is 1360. The number of aromatic nitrogens is 2. The quantitative estimate of drug-likeness (QED) is 0.413. The van der Waals surface area contributed by atoms with Crippen LogP contribution in [0.1, 0.15) is 29.5 Å². The smallest absolute Gasteiger partial charge is 0.267 e. The molecule has 1 amide bonds. The van der Waals surface area contributed by atoms with Crippen LogP contribution < -0.4 is 10.5 Å². The molecule has 0 N–H and O–H groups in total. The molecule has 4 heterocycles. The largest absolute Gasteiger partial charge is 0.356 e. The van der Waals surface area contributed by atoms with E-state index in [0.29, 0.717) is 26.3 Å². The number of hydrogen-bond acceptors (Lipinski definition) is 6. The third-order valence-corrected chi connectivity index (χ3v) is 7.25. The Labute approximate surface area is 199 Å². The van der Waals surface area contributed by atoms with Crippen LogP contribution in [0.2, 0.25) is 0 Å². The van der Waals surface area contributed by atoms with Gasteiger partial charge in [0.25, 0.3) is 11.5 Å². The summed E-state index contributed by atoms with van der Waals surface area (Å²) in [5.41, 5.74) is 2.48. The Balaban J connectivity index is 1.57. The van der Waals surface area contributed by atoms with Crippen molar-refractivity contribution in [1.29, 1.82) is 0 Å². The number of hydrogen-bond donors (Lipinski definition) is 0. The molecule has 0 atom stereocenters. The molecule has 2 aliphatic heterocycles. The molecule has 33 heavy (non-hydrogen) atoms. The molecule has 0 aliphatic carbocycles. The highest BCUT2D eigenvalue weighted by Gasteiger charge is 2.33. The fourth-order valence-corrected chi connectivity index (χ4v) is 5.37. The van der Waals surface area contributed by atoms with Gasteiger partial charge >= 0.3 is 0 Å². The van der Waals surface area contributed by atoms with E-state index >= 15 is 0 Å². The number of amides is 1. The summed E-state index contributed by atoms with van der Waals surface area (Å²) in [5.74, 6) is 0.00373. The minimum absolute atomic E-state index is 0.214. The first kappa shape index (κ1) is 21.8. The Morgan fingerprint density at radius 2 is 1.88 bits per heavy atom. The first-order valence-corrected chi connectivity index (χ1v) is 11.9. The van der Waals surface area contributed by atoms with Crippen molar-refractivity contribution >= 4 is 51.7 Å². The van der Waals surface area contributed by atoms with Crippen molar-refractivity contribution in [2.75, 3.05) is 18.0 Å². The number of rotatable bonds is 4. The number of aryl methyl sites for hydroxylation is 1. The van der Waals surface area contributed by atoms with Gasteiger partial charge in [-0.3, -0.25) is 18.9 Å². The van der Waals surface area contributed by atoms with Gasteiger partial charge in [-0.2, -0.15) is 0 Å². The van der Waals surface area contributed by atoms with Crippen LogP contribution in [0.3, 0.4) is 0 Å². The van der Waals surface area contributed by atoms with Crippen molar-refractivity contribution < 1.29 is 9.18 Å². The Morgan fingerprint density at radius 1 is 1.15 bits per heavy atom. The molecule has 0 bridgehead atoms.